The van der Waals surface area contributed by atoms with Crippen LogP contribution < -0.4 is 5.32 Å². The summed E-state index contributed by atoms with van der Waals surface area (Å²) < 4.78 is 2.15. The molecule has 0 radical (unpaired) electrons. The molecule has 0 amide bonds. The molecule has 2 aromatic rings. The molecule has 0 fully saturated rings. The Bertz CT molecular complexity index is 617. The van der Waals surface area contributed by atoms with Gasteiger partial charge in [-0.05, 0) is 11.6 Å². The number of hydrogen-bond acceptors (Lipinski definition) is 1. The zero-order valence-electron chi connectivity index (χ0n) is 9.38. The Morgan fingerprint density at radius 3 is 2.88 bits per heavy atom. The van der Waals surface area contributed by atoms with Crippen LogP contribution in [0, 0.1) is 0 Å². The van der Waals surface area contributed by atoms with E-state index in [9.17, 15) is 0 Å². The highest BCUT2D eigenvalue weighted by Crippen LogP contribution is 2.33. The van der Waals surface area contributed by atoms with Crippen LogP contribution in [0.4, 0.5) is 0 Å². The summed E-state index contributed by atoms with van der Waals surface area (Å²) in [5.74, 6) is 0. The minimum absolute atomic E-state index is 0.770. The predicted octanol–water partition coefficient (Wildman–Crippen LogP) is 2.77. The molecule has 0 saturated heterocycles. The van der Waals surface area contributed by atoms with Crippen molar-refractivity contribution < 1.29 is 0 Å². The van der Waals surface area contributed by atoms with Crippen LogP contribution in [-0.4, -0.2) is 11.1 Å². The maximum absolute atomic E-state index is 4.13. The predicted molar refractivity (Wildman–Crippen MR) is 69.0 cm³/mol. The van der Waals surface area contributed by atoms with Gasteiger partial charge in [0.2, 0.25) is 0 Å². The summed E-state index contributed by atoms with van der Waals surface area (Å²) in [5, 5.41) is 4.57. The Balaban J connectivity index is 2.51. The van der Waals surface area contributed by atoms with Gasteiger partial charge in [0.25, 0.3) is 0 Å². The third kappa shape index (κ3) is 1.07. The van der Waals surface area contributed by atoms with Crippen LogP contribution in [0.1, 0.15) is 11.1 Å². The average molecular weight is 210 g/mol. The summed E-state index contributed by atoms with van der Waals surface area (Å²) in [6.07, 6.45) is 2.15. The summed E-state index contributed by atoms with van der Waals surface area (Å²) in [5.41, 5.74) is 5.76. The molecular weight excluding hydrogens is 196 g/mol. The van der Waals surface area contributed by atoms with Gasteiger partial charge < -0.3 is 9.88 Å². The Kier molecular flexibility index (Phi) is 1.75. The van der Waals surface area contributed by atoms with Crippen LogP contribution in [0.3, 0.4) is 0 Å². The molecule has 0 spiro atoms. The number of hydrogen-bond donors (Lipinski definition) is 1. The first kappa shape index (κ1) is 9.28. The summed E-state index contributed by atoms with van der Waals surface area (Å²) in [4.78, 5) is 0. The Hall–Kier alpha value is -1.96. The number of nitrogens with one attached hydrogen (secondary N) is 1. The van der Waals surface area contributed by atoms with Crippen molar-refractivity contribution in [3.63, 3.8) is 0 Å². The summed E-state index contributed by atoms with van der Waals surface area (Å²) in [6, 6.07) is 6.32. The SMILES string of the molecule is C=C1CNC(=C)c2cccc3c2c1cn3C. The number of nitrogens with zero attached hydrogens (tertiary/aromatic N) is 1. The molecule has 2 heterocycles. The second kappa shape index (κ2) is 3.01. The van der Waals surface area contributed by atoms with Gasteiger partial charge in [0, 0.05) is 47.5 Å². The monoisotopic (exact) mass is 210 g/mol. The highest BCUT2D eigenvalue weighted by molar-refractivity contribution is 6.01. The molecule has 0 aliphatic carbocycles. The molecule has 1 aromatic carbocycles. The lowest BCUT2D eigenvalue weighted by Crippen LogP contribution is -2.11. The van der Waals surface area contributed by atoms with Crippen LogP contribution in [0.5, 0.6) is 0 Å². The van der Waals surface area contributed by atoms with Gasteiger partial charge in [0.15, 0.2) is 0 Å². The smallest absolute Gasteiger partial charge is 0.0490 e. The van der Waals surface area contributed by atoms with Gasteiger partial charge >= 0.3 is 0 Å². The Morgan fingerprint density at radius 2 is 2.06 bits per heavy atom. The van der Waals surface area contributed by atoms with Crippen molar-refractivity contribution in [1.29, 1.82) is 0 Å². The van der Waals surface area contributed by atoms with Gasteiger partial charge in [-0.3, -0.25) is 0 Å². The number of rotatable bonds is 0. The third-order valence-electron chi connectivity index (χ3n) is 3.24. The second-order valence-corrected chi connectivity index (χ2v) is 4.29. The highest BCUT2D eigenvalue weighted by atomic mass is 14.9. The van der Waals surface area contributed by atoms with Gasteiger partial charge in [0.05, 0.1) is 0 Å². The van der Waals surface area contributed by atoms with Crippen LogP contribution in [0.25, 0.3) is 22.2 Å². The highest BCUT2D eigenvalue weighted by Gasteiger charge is 2.17. The van der Waals surface area contributed by atoms with Gasteiger partial charge in [0.1, 0.15) is 0 Å². The van der Waals surface area contributed by atoms with Crippen LogP contribution in [0.15, 0.2) is 37.6 Å². The normalized spacial score (nSPS) is 15.1. The second-order valence-electron chi connectivity index (χ2n) is 4.29. The summed E-state index contributed by atoms with van der Waals surface area (Å²) in [7, 11) is 2.07. The molecule has 0 saturated carbocycles. The molecule has 1 N–H and O–H groups in total. The van der Waals surface area contributed by atoms with Gasteiger partial charge in [-0.25, -0.2) is 0 Å². The lowest BCUT2D eigenvalue weighted by atomic mass is 10.0. The molecule has 3 rings (SSSR count). The zero-order chi connectivity index (χ0) is 11.3. The first-order valence-electron chi connectivity index (χ1n) is 5.38. The fourth-order valence-electron chi connectivity index (χ4n) is 2.37. The lowest BCUT2D eigenvalue weighted by Gasteiger charge is -2.07. The van der Waals surface area contributed by atoms with Crippen molar-refractivity contribution in [2.24, 2.45) is 7.05 Å². The van der Waals surface area contributed by atoms with E-state index in [1.54, 1.807) is 0 Å². The maximum Gasteiger partial charge on any atom is 0.0490 e. The van der Waals surface area contributed by atoms with Crippen molar-refractivity contribution in [3.8, 4) is 0 Å². The number of aryl methyl sites for hydroxylation is 1. The van der Waals surface area contributed by atoms with E-state index in [4.69, 9.17) is 0 Å². The average Bonchev–Trinajstić information content (AvgIpc) is 2.58. The van der Waals surface area contributed by atoms with E-state index >= 15 is 0 Å². The summed E-state index contributed by atoms with van der Waals surface area (Å²) >= 11 is 0. The molecule has 0 atom stereocenters. The summed E-state index contributed by atoms with van der Waals surface area (Å²) in [6.45, 7) is 8.98. The van der Waals surface area contributed by atoms with Gasteiger partial charge in [-0.2, -0.15) is 0 Å². The van der Waals surface area contributed by atoms with Crippen molar-refractivity contribution in [1.82, 2.24) is 9.88 Å². The van der Waals surface area contributed by atoms with Crippen molar-refractivity contribution >= 4 is 22.2 Å². The molecular formula is C14H14N2. The van der Waals surface area contributed by atoms with Crippen molar-refractivity contribution in [2.75, 3.05) is 6.54 Å². The minimum atomic E-state index is 0.770. The molecule has 1 aromatic heterocycles. The standard InChI is InChI=1S/C14H14N2/c1-9-7-15-10(2)11-5-4-6-13-14(11)12(9)8-16(13)3/h4-6,8,15H,1-2,7H2,3H3. The fraction of sp³-hybridized carbons (Fsp3) is 0.143. The molecule has 1 aliphatic heterocycles. The molecule has 2 nitrogen and oxygen atoms in total. The topological polar surface area (TPSA) is 17.0 Å². The molecule has 80 valence electrons. The van der Waals surface area contributed by atoms with E-state index in [-0.39, 0.29) is 0 Å². The maximum atomic E-state index is 4.13. The van der Waals surface area contributed by atoms with Crippen LogP contribution in [-0.2, 0) is 7.05 Å². The Morgan fingerprint density at radius 1 is 1.25 bits per heavy atom. The number of benzene rings is 1. The molecule has 0 unspecified atom stereocenters. The molecule has 16 heavy (non-hydrogen) atoms. The van der Waals surface area contributed by atoms with E-state index in [2.05, 4.69) is 54.5 Å². The van der Waals surface area contributed by atoms with Crippen LogP contribution in [0.2, 0.25) is 0 Å². The third-order valence-corrected chi connectivity index (χ3v) is 3.24. The first-order valence-corrected chi connectivity index (χ1v) is 5.38. The largest absolute Gasteiger partial charge is 0.381 e. The molecule has 2 heteroatoms. The Labute approximate surface area is 94.9 Å². The van der Waals surface area contributed by atoms with Crippen LogP contribution >= 0.6 is 0 Å². The fourth-order valence-corrected chi connectivity index (χ4v) is 2.37. The van der Waals surface area contributed by atoms with E-state index in [0.29, 0.717) is 0 Å². The van der Waals surface area contributed by atoms with Gasteiger partial charge in [-0.1, -0.05) is 25.3 Å². The van der Waals surface area contributed by atoms with Crippen molar-refractivity contribution in [3.05, 3.63) is 48.7 Å². The van der Waals surface area contributed by atoms with E-state index in [1.807, 2.05) is 0 Å². The molecule has 0 bridgehead atoms. The van der Waals surface area contributed by atoms with E-state index < -0.39 is 0 Å². The zero-order valence-corrected chi connectivity index (χ0v) is 9.38. The van der Waals surface area contributed by atoms with E-state index in [0.717, 1.165) is 17.8 Å². The van der Waals surface area contributed by atoms with Crippen molar-refractivity contribution in [2.45, 2.75) is 0 Å². The van der Waals surface area contributed by atoms with Gasteiger partial charge in [-0.15, -0.1) is 0 Å². The van der Waals surface area contributed by atoms with E-state index in [1.165, 1.54) is 22.0 Å². The minimum Gasteiger partial charge on any atom is -0.381 e. The first-order chi connectivity index (χ1) is 7.68. The molecule has 1 aliphatic rings. The lowest BCUT2D eigenvalue weighted by molar-refractivity contribution is 0.962. The number of aromatic nitrogens is 1. The quantitative estimate of drug-likeness (QED) is 0.707.